The monoisotopic (exact) mass is 377 g/mol. The van der Waals surface area contributed by atoms with Crippen molar-refractivity contribution in [2.75, 3.05) is 23.4 Å². The van der Waals surface area contributed by atoms with Crippen LogP contribution in [0.4, 0.5) is 11.4 Å². The lowest BCUT2D eigenvalue weighted by molar-refractivity contribution is -0.137. The largest absolute Gasteiger partial charge is 0.395 e. The van der Waals surface area contributed by atoms with Gasteiger partial charge in [-0.3, -0.25) is 24.1 Å². The molecule has 0 bridgehead atoms. The number of anilines is 2. The summed E-state index contributed by atoms with van der Waals surface area (Å²) in [6.45, 7) is -0.455. The molecule has 2 aliphatic rings. The number of carbonyl (C=O) groups excluding carboxylic acids is 4. The Morgan fingerprint density at radius 3 is 2.07 bits per heavy atom. The molecular weight excluding hydrogens is 362 g/mol. The molecule has 0 unspecified atom stereocenters. The smallest absolute Gasteiger partial charge is 0.277 e. The molecule has 4 amide bonds. The van der Waals surface area contributed by atoms with Gasteiger partial charge in [-0.05, 0) is 24.3 Å². The summed E-state index contributed by atoms with van der Waals surface area (Å²) in [6, 6.07) is 13.1. The minimum absolute atomic E-state index is 0.00232. The number of nitrogens with zero attached hydrogens (tertiary/aromatic N) is 2. The van der Waals surface area contributed by atoms with Crippen LogP contribution in [0.3, 0.4) is 0 Å². The fourth-order valence-electron chi connectivity index (χ4n) is 3.24. The first-order chi connectivity index (χ1) is 13.5. The first-order valence-electron chi connectivity index (χ1n) is 8.55. The molecule has 2 aliphatic heterocycles. The molecule has 28 heavy (non-hydrogen) atoms. The fraction of sp³-hybridized carbons (Fsp3) is 0.100. The second-order valence-electron chi connectivity index (χ2n) is 6.21. The van der Waals surface area contributed by atoms with Gasteiger partial charge < -0.3 is 10.4 Å². The van der Waals surface area contributed by atoms with Gasteiger partial charge >= 0.3 is 0 Å². The number of hydrogen-bond donors (Lipinski definition) is 2. The lowest BCUT2D eigenvalue weighted by atomic mass is 10.1. The number of aliphatic hydroxyl groups is 1. The lowest BCUT2D eigenvalue weighted by Crippen LogP contribution is -2.34. The number of hydrogen-bond acceptors (Lipinski definition) is 6. The number of β-amino-alcohol motifs (C(OH)–C–C–N with tert-alkyl or cyclic N) is 1. The van der Waals surface area contributed by atoms with E-state index in [1.807, 2.05) is 0 Å². The van der Waals surface area contributed by atoms with Gasteiger partial charge in [0.1, 0.15) is 5.70 Å². The molecule has 2 heterocycles. The van der Waals surface area contributed by atoms with Crippen molar-refractivity contribution < 1.29 is 24.3 Å². The molecule has 0 saturated heterocycles. The Balaban J connectivity index is 1.67. The van der Waals surface area contributed by atoms with Crippen molar-refractivity contribution in [3.05, 3.63) is 71.4 Å². The highest BCUT2D eigenvalue weighted by Gasteiger charge is 2.38. The van der Waals surface area contributed by atoms with Gasteiger partial charge in [-0.25, -0.2) is 4.90 Å². The zero-order valence-electron chi connectivity index (χ0n) is 14.6. The number of amides is 4. The van der Waals surface area contributed by atoms with E-state index in [1.54, 1.807) is 48.5 Å². The van der Waals surface area contributed by atoms with E-state index in [1.165, 1.54) is 0 Å². The summed E-state index contributed by atoms with van der Waals surface area (Å²) in [5.74, 6) is -2.05. The van der Waals surface area contributed by atoms with E-state index in [-0.39, 0.29) is 24.5 Å². The van der Waals surface area contributed by atoms with Crippen LogP contribution in [0.25, 0.3) is 0 Å². The van der Waals surface area contributed by atoms with Crippen LogP contribution in [0.5, 0.6) is 0 Å². The number of imide groups is 2. The first-order valence-corrected chi connectivity index (χ1v) is 8.55. The third-order valence-corrected chi connectivity index (χ3v) is 4.54. The minimum atomic E-state index is -0.587. The highest BCUT2D eigenvalue weighted by Crippen LogP contribution is 2.34. The number of benzene rings is 2. The quantitative estimate of drug-likeness (QED) is 0.757. The number of rotatable bonds is 5. The number of aliphatic hydroxyl groups excluding tert-OH is 1. The molecule has 0 aromatic heterocycles. The number of nitrogens with one attached hydrogen (secondary N) is 1. The maximum Gasteiger partial charge on any atom is 0.277 e. The van der Waals surface area contributed by atoms with Crippen LogP contribution in [0.1, 0.15) is 20.7 Å². The van der Waals surface area contributed by atoms with E-state index in [0.29, 0.717) is 16.8 Å². The van der Waals surface area contributed by atoms with Gasteiger partial charge in [0, 0.05) is 6.08 Å². The number of para-hydroxylation sites is 2. The zero-order valence-corrected chi connectivity index (χ0v) is 14.6. The van der Waals surface area contributed by atoms with E-state index in [4.69, 9.17) is 5.11 Å². The fourth-order valence-corrected chi connectivity index (χ4v) is 3.24. The van der Waals surface area contributed by atoms with Crippen molar-refractivity contribution in [2.45, 2.75) is 0 Å². The standard InChI is InChI=1S/C20H15N3O5/c24-10-9-22-17(25)11-15(20(22)28)21-14-7-3-4-8-16(14)23-18(26)12-5-1-2-6-13(12)19(23)27/h1-8,11,21,24H,9-10H2. The van der Waals surface area contributed by atoms with Crippen LogP contribution in [0, 0.1) is 0 Å². The van der Waals surface area contributed by atoms with Crippen LogP contribution in [-0.4, -0.2) is 46.8 Å². The Bertz CT molecular complexity index is 1020. The Labute approximate surface area is 159 Å². The molecule has 0 saturated carbocycles. The van der Waals surface area contributed by atoms with Crippen molar-refractivity contribution in [3.8, 4) is 0 Å². The Morgan fingerprint density at radius 2 is 1.43 bits per heavy atom. The third-order valence-electron chi connectivity index (χ3n) is 4.54. The molecule has 2 aromatic carbocycles. The molecule has 0 spiro atoms. The molecule has 2 aromatic rings. The van der Waals surface area contributed by atoms with E-state index in [0.717, 1.165) is 15.9 Å². The SMILES string of the molecule is O=C1C=C(Nc2ccccc2N2C(=O)c3ccccc3C2=O)C(=O)N1CCO. The summed E-state index contributed by atoms with van der Waals surface area (Å²) in [4.78, 5) is 51.8. The molecule has 0 radical (unpaired) electrons. The second kappa shape index (κ2) is 6.75. The highest BCUT2D eigenvalue weighted by molar-refractivity contribution is 6.35. The molecule has 140 valence electrons. The number of fused-ring (bicyclic) bond motifs is 1. The van der Waals surface area contributed by atoms with Crippen molar-refractivity contribution in [1.82, 2.24) is 4.90 Å². The van der Waals surface area contributed by atoms with E-state index < -0.39 is 23.6 Å². The lowest BCUT2D eigenvalue weighted by Gasteiger charge is -2.19. The Hall–Kier alpha value is -3.78. The average molecular weight is 377 g/mol. The second-order valence-corrected chi connectivity index (χ2v) is 6.21. The predicted octanol–water partition coefficient (Wildman–Crippen LogP) is 1.14. The van der Waals surface area contributed by atoms with Gasteiger partial charge in [-0.15, -0.1) is 0 Å². The van der Waals surface area contributed by atoms with Crippen molar-refractivity contribution in [1.29, 1.82) is 0 Å². The zero-order chi connectivity index (χ0) is 19.8. The average Bonchev–Trinajstić information content (AvgIpc) is 3.11. The van der Waals surface area contributed by atoms with Crippen LogP contribution >= 0.6 is 0 Å². The molecule has 2 N–H and O–H groups in total. The summed E-state index contributed by atoms with van der Waals surface area (Å²) in [5.41, 5.74) is 1.22. The third kappa shape index (κ3) is 2.67. The summed E-state index contributed by atoms with van der Waals surface area (Å²) < 4.78 is 0. The first kappa shape index (κ1) is 17.6. The summed E-state index contributed by atoms with van der Waals surface area (Å²) in [6.07, 6.45) is 1.12. The minimum Gasteiger partial charge on any atom is -0.395 e. The van der Waals surface area contributed by atoms with Gasteiger partial charge in [0.15, 0.2) is 0 Å². The Morgan fingerprint density at radius 1 is 0.821 bits per heavy atom. The molecule has 0 aliphatic carbocycles. The van der Waals surface area contributed by atoms with Crippen LogP contribution in [-0.2, 0) is 9.59 Å². The summed E-state index contributed by atoms with van der Waals surface area (Å²) in [7, 11) is 0. The van der Waals surface area contributed by atoms with Crippen LogP contribution < -0.4 is 10.2 Å². The summed E-state index contributed by atoms with van der Waals surface area (Å²) in [5, 5.41) is 11.8. The molecule has 0 atom stereocenters. The van der Waals surface area contributed by atoms with Gasteiger partial charge in [-0.2, -0.15) is 0 Å². The predicted molar refractivity (Wildman–Crippen MR) is 99.5 cm³/mol. The van der Waals surface area contributed by atoms with Crippen molar-refractivity contribution >= 4 is 35.0 Å². The normalized spacial score (nSPS) is 16.0. The maximum atomic E-state index is 12.8. The van der Waals surface area contributed by atoms with Gasteiger partial charge in [0.05, 0.1) is 35.7 Å². The summed E-state index contributed by atoms with van der Waals surface area (Å²) >= 11 is 0. The topological polar surface area (TPSA) is 107 Å². The molecule has 4 rings (SSSR count). The van der Waals surface area contributed by atoms with Crippen LogP contribution in [0.15, 0.2) is 60.3 Å². The molecular formula is C20H15N3O5. The van der Waals surface area contributed by atoms with Crippen molar-refractivity contribution in [2.24, 2.45) is 0 Å². The number of carbonyl (C=O) groups is 4. The molecule has 8 nitrogen and oxygen atoms in total. The van der Waals surface area contributed by atoms with E-state index in [9.17, 15) is 19.2 Å². The maximum absolute atomic E-state index is 12.8. The van der Waals surface area contributed by atoms with E-state index in [2.05, 4.69) is 5.32 Å². The van der Waals surface area contributed by atoms with E-state index >= 15 is 0 Å². The van der Waals surface area contributed by atoms with Crippen molar-refractivity contribution in [3.63, 3.8) is 0 Å². The van der Waals surface area contributed by atoms with Gasteiger partial charge in [0.2, 0.25) is 0 Å². The van der Waals surface area contributed by atoms with Gasteiger partial charge in [-0.1, -0.05) is 24.3 Å². The van der Waals surface area contributed by atoms with Crippen LogP contribution in [0.2, 0.25) is 0 Å². The highest BCUT2D eigenvalue weighted by atomic mass is 16.3. The molecule has 0 fully saturated rings. The van der Waals surface area contributed by atoms with Gasteiger partial charge in [0.25, 0.3) is 23.6 Å². The Kier molecular flexibility index (Phi) is 4.25. The molecule has 8 heteroatoms.